The first-order valence-electron chi connectivity index (χ1n) is 8.91. The molecule has 2 aliphatic rings. The van der Waals surface area contributed by atoms with Crippen LogP contribution in [0.3, 0.4) is 0 Å². The molecule has 0 bridgehead atoms. The van der Waals surface area contributed by atoms with Crippen molar-refractivity contribution in [2.75, 3.05) is 18.0 Å². The highest BCUT2D eigenvalue weighted by molar-refractivity contribution is 6.01. The van der Waals surface area contributed by atoms with Gasteiger partial charge in [0.1, 0.15) is 6.04 Å². The zero-order valence-electron chi connectivity index (χ0n) is 14.6. The van der Waals surface area contributed by atoms with Crippen molar-refractivity contribution in [3.8, 4) is 12.3 Å². The van der Waals surface area contributed by atoms with Gasteiger partial charge < -0.3 is 15.1 Å². The molecule has 2 heterocycles. The third-order valence-corrected chi connectivity index (χ3v) is 5.04. The van der Waals surface area contributed by atoms with Crippen molar-refractivity contribution in [3.63, 3.8) is 0 Å². The zero-order chi connectivity index (χ0) is 17.8. The van der Waals surface area contributed by atoms with E-state index in [2.05, 4.69) is 16.3 Å². The molecule has 1 aliphatic carbocycles. The van der Waals surface area contributed by atoms with Crippen LogP contribution in [0.2, 0.25) is 0 Å². The Morgan fingerprint density at radius 2 is 2.16 bits per heavy atom. The number of carbonyl (C=O) groups is 2. The smallest absolute Gasteiger partial charge is 0.319 e. The molecule has 1 atom stereocenters. The molecule has 7 nitrogen and oxygen atoms in total. The molecule has 1 saturated carbocycles. The van der Waals surface area contributed by atoms with E-state index in [1.807, 2.05) is 7.05 Å². The van der Waals surface area contributed by atoms with E-state index in [0.29, 0.717) is 13.0 Å². The maximum atomic E-state index is 12.7. The van der Waals surface area contributed by atoms with E-state index in [1.54, 1.807) is 26.9 Å². The number of aromatic nitrogens is 2. The number of rotatable bonds is 4. The van der Waals surface area contributed by atoms with Gasteiger partial charge in [0.05, 0.1) is 18.4 Å². The Morgan fingerprint density at radius 3 is 2.80 bits per heavy atom. The van der Waals surface area contributed by atoms with Gasteiger partial charge in [-0.1, -0.05) is 25.2 Å². The molecule has 1 N–H and O–H groups in total. The Hall–Kier alpha value is -2.49. The number of carbonyl (C=O) groups excluding carboxylic acids is 2. The monoisotopic (exact) mass is 343 g/mol. The van der Waals surface area contributed by atoms with Crippen LogP contribution in [0.5, 0.6) is 0 Å². The number of aryl methyl sites for hydroxylation is 1. The average Bonchev–Trinajstić information content (AvgIpc) is 3.19. The van der Waals surface area contributed by atoms with Gasteiger partial charge in [-0.15, -0.1) is 6.42 Å². The molecule has 1 saturated heterocycles. The molecular weight excluding hydrogens is 318 g/mol. The van der Waals surface area contributed by atoms with Crippen molar-refractivity contribution in [3.05, 3.63) is 12.4 Å². The fourth-order valence-electron chi connectivity index (χ4n) is 3.71. The quantitative estimate of drug-likeness (QED) is 0.843. The summed E-state index contributed by atoms with van der Waals surface area (Å²) in [6.07, 6.45) is 14.9. The van der Waals surface area contributed by atoms with E-state index < -0.39 is 6.04 Å². The lowest BCUT2D eigenvalue weighted by atomic mass is 9.94. The normalized spacial score (nSPS) is 21.2. The fraction of sp³-hybridized carbons (Fsp3) is 0.611. The van der Waals surface area contributed by atoms with Crippen LogP contribution in [0.15, 0.2) is 12.4 Å². The molecule has 3 amide bonds. The van der Waals surface area contributed by atoms with Crippen LogP contribution >= 0.6 is 0 Å². The van der Waals surface area contributed by atoms with E-state index in [-0.39, 0.29) is 24.5 Å². The van der Waals surface area contributed by atoms with Crippen molar-refractivity contribution in [2.45, 2.75) is 50.6 Å². The summed E-state index contributed by atoms with van der Waals surface area (Å²) in [5, 5.41) is 6.99. The van der Waals surface area contributed by atoms with Crippen LogP contribution in [-0.2, 0) is 11.8 Å². The topological polar surface area (TPSA) is 70.5 Å². The van der Waals surface area contributed by atoms with Gasteiger partial charge in [-0.3, -0.25) is 9.48 Å². The minimum absolute atomic E-state index is 0.0920. The van der Waals surface area contributed by atoms with Gasteiger partial charge in [0.25, 0.3) is 0 Å². The van der Waals surface area contributed by atoms with E-state index in [4.69, 9.17) is 6.42 Å². The highest BCUT2D eigenvalue weighted by Gasteiger charge is 2.36. The van der Waals surface area contributed by atoms with Crippen LogP contribution in [0.4, 0.5) is 10.5 Å². The third-order valence-electron chi connectivity index (χ3n) is 5.04. The number of nitrogens with zero attached hydrogens (tertiary/aromatic N) is 4. The largest absolute Gasteiger partial charge is 0.326 e. The Kier molecular flexibility index (Phi) is 5.27. The Morgan fingerprint density at radius 1 is 1.40 bits per heavy atom. The van der Waals surface area contributed by atoms with Crippen molar-refractivity contribution < 1.29 is 9.59 Å². The van der Waals surface area contributed by atoms with E-state index in [9.17, 15) is 9.59 Å². The summed E-state index contributed by atoms with van der Waals surface area (Å²) in [6, 6.07) is -0.552. The lowest BCUT2D eigenvalue weighted by Crippen LogP contribution is -2.51. The van der Waals surface area contributed by atoms with Crippen molar-refractivity contribution in [1.29, 1.82) is 0 Å². The van der Waals surface area contributed by atoms with Gasteiger partial charge in [0.2, 0.25) is 5.91 Å². The van der Waals surface area contributed by atoms with Gasteiger partial charge in [-0.2, -0.15) is 5.10 Å². The van der Waals surface area contributed by atoms with Crippen molar-refractivity contribution in [1.82, 2.24) is 20.0 Å². The highest BCUT2D eigenvalue weighted by Crippen LogP contribution is 2.24. The van der Waals surface area contributed by atoms with Crippen molar-refractivity contribution >= 4 is 17.6 Å². The number of terminal acetylenes is 1. The third kappa shape index (κ3) is 3.78. The second-order valence-electron chi connectivity index (χ2n) is 6.78. The van der Waals surface area contributed by atoms with Crippen LogP contribution < -0.4 is 10.2 Å². The standard InChI is InChI=1S/C18H25N5O2/c1-3-10-23(14-7-5-4-6-8-14)18(25)20-16-9-11-22(17(16)24)15-12-19-21(2)13-15/h1,12-14,16H,4-11H2,2H3,(H,20,25). The molecule has 1 aliphatic heterocycles. The Bertz CT molecular complexity index is 671. The molecule has 3 rings (SSSR count). The summed E-state index contributed by atoms with van der Waals surface area (Å²) >= 11 is 0. The molecule has 1 aromatic heterocycles. The van der Waals surface area contributed by atoms with Gasteiger partial charge >= 0.3 is 6.03 Å². The molecule has 0 spiro atoms. The number of amides is 3. The predicted molar refractivity (Wildman–Crippen MR) is 94.9 cm³/mol. The van der Waals surface area contributed by atoms with Gasteiger partial charge in [0, 0.05) is 25.8 Å². The van der Waals surface area contributed by atoms with Gasteiger partial charge in [0.15, 0.2) is 0 Å². The van der Waals surface area contributed by atoms with Crippen LogP contribution in [0, 0.1) is 12.3 Å². The summed E-state index contributed by atoms with van der Waals surface area (Å²) in [6.45, 7) is 0.859. The number of hydrogen-bond donors (Lipinski definition) is 1. The van der Waals surface area contributed by atoms with Crippen LogP contribution in [-0.4, -0.2) is 51.8 Å². The highest BCUT2D eigenvalue weighted by atomic mass is 16.2. The number of anilines is 1. The summed E-state index contributed by atoms with van der Waals surface area (Å²) in [4.78, 5) is 28.7. The van der Waals surface area contributed by atoms with Crippen LogP contribution in [0.25, 0.3) is 0 Å². The Labute approximate surface area is 148 Å². The minimum atomic E-state index is -0.503. The number of urea groups is 1. The first-order chi connectivity index (χ1) is 12.1. The van der Waals surface area contributed by atoms with Gasteiger partial charge in [-0.05, 0) is 19.3 Å². The summed E-state index contributed by atoms with van der Waals surface area (Å²) in [5.41, 5.74) is 0.761. The molecule has 2 fully saturated rings. The molecular formula is C18H25N5O2. The molecule has 1 aromatic rings. The SMILES string of the molecule is C#CCN(C(=O)NC1CCN(c2cnn(C)c2)C1=O)C1CCCCC1. The lowest BCUT2D eigenvalue weighted by Gasteiger charge is -2.33. The van der Waals surface area contributed by atoms with E-state index >= 15 is 0 Å². The second-order valence-corrected chi connectivity index (χ2v) is 6.78. The van der Waals surface area contributed by atoms with Gasteiger partial charge in [-0.25, -0.2) is 4.79 Å². The fourth-order valence-corrected chi connectivity index (χ4v) is 3.71. The Balaban J connectivity index is 1.63. The summed E-state index contributed by atoms with van der Waals surface area (Å²) in [7, 11) is 1.81. The second kappa shape index (κ2) is 7.60. The summed E-state index contributed by atoms with van der Waals surface area (Å²) in [5.74, 6) is 2.49. The number of hydrogen-bond acceptors (Lipinski definition) is 3. The molecule has 0 radical (unpaired) electrons. The zero-order valence-corrected chi connectivity index (χ0v) is 14.6. The maximum absolute atomic E-state index is 12.7. The minimum Gasteiger partial charge on any atom is -0.326 e. The molecule has 134 valence electrons. The van der Waals surface area contributed by atoms with E-state index in [0.717, 1.165) is 31.4 Å². The molecule has 25 heavy (non-hydrogen) atoms. The summed E-state index contributed by atoms with van der Waals surface area (Å²) < 4.78 is 1.66. The molecule has 7 heteroatoms. The van der Waals surface area contributed by atoms with Crippen LogP contribution in [0.1, 0.15) is 38.5 Å². The maximum Gasteiger partial charge on any atom is 0.319 e. The molecule has 1 unspecified atom stereocenters. The number of nitrogens with one attached hydrogen (secondary N) is 1. The predicted octanol–water partition coefficient (Wildman–Crippen LogP) is 1.50. The average molecular weight is 343 g/mol. The van der Waals surface area contributed by atoms with Crippen molar-refractivity contribution in [2.24, 2.45) is 7.05 Å². The van der Waals surface area contributed by atoms with E-state index in [1.165, 1.54) is 6.42 Å². The first-order valence-corrected chi connectivity index (χ1v) is 8.91. The molecule has 0 aromatic carbocycles. The lowest BCUT2D eigenvalue weighted by molar-refractivity contribution is -0.118. The first kappa shape index (κ1) is 17.3.